The van der Waals surface area contributed by atoms with Crippen molar-refractivity contribution in [2.45, 2.75) is 25.7 Å². The first-order valence-corrected chi connectivity index (χ1v) is 10.7. The van der Waals surface area contributed by atoms with Crippen LogP contribution in [0.5, 0.6) is 11.6 Å². The van der Waals surface area contributed by atoms with Gasteiger partial charge in [-0.05, 0) is 50.1 Å². The number of benzene rings is 1. The van der Waals surface area contributed by atoms with E-state index in [-0.39, 0.29) is 10.8 Å². The average Bonchev–Trinajstić information content (AvgIpc) is 2.64. The summed E-state index contributed by atoms with van der Waals surface area (Å²) in [6.07, 6.45) is 3.13. The van der Waals surface area contributed by atoms with Crippen molar-refractivity contribution < 1.29 is 13.2 Å². The molecular formula is C21H22ClN3O3S. The number of ether oxygens (including phenoxy) is 1. The molecule has 0 aliphatic heterocycles. The fraction of sp³-hybridized carbons (Fsp3) is 0.238. The zero-order valence-corrected chi connectivity index (χ0v) is 18.5. The number of rotatable bonds is 5. The number of aromatic nitrogens is 2. The lowest BCUT2D eigenvalue weighted by Crippen LogP contribution is -2.23. The highest BCUT2D eigenvalue weighted by Crippen LogP contribution is 2.35. The Morgan fingerprint density at radius 3 is 2.24 bits per heavy atom. The highest BCUT2D eigenvalue weighted by Gasteiger charge is 2.25. The molecule has 0 amide bonds. The summed E-state index contributed by atoms with van der Waals surface area (Å²) < 4.78 is 32.9. The molecule has 0 fully saturated rings. The van der Waals surface area contributed by atoms with E-state index in [1.54, 1.807) is 18.3 Å². The summed E-state index contributed by atoms with van der Waals surface area (Å²) in [7, 11) is -0.827. The molecule has 0 saturated heterocycles. The minimum Gasteiger partial charge on any atom is -0.437 e. The standard InChI is InChI=1S/C21H22ClN3O3S/c1-13-8-14(2)20(15(3)9-13)28-21-19(29(26,27)25(4)5)7-6-18(24-21)16-10-17(22)12-23-11-16/h6-12H,1-5H3. The maximum absolute atomic E-state index is 12.8. The molecule has 2 aromatic heterocycles. The molecule has 0 N–H and O–H groups in total. The second kappa shape index (κ2) is 8.10. The highest BCUT2D eigenvalue weighted by atomic mass is 35.5. The quantitative estimate of drug-likeness (QED) is 0.582. The lowest BCUT2D eigenvalue weighted by atomic mass is 10.1. The van der Waals surface area contributed by atoms with Crippen LogP contribution in [0.25, 0.3) is 11.3 Å². The van der Waals surface area contributed by atoms with Crippen molar-refractivity contribution in [3.63, 3.8) is 0 Å². The third-order valence-electron chi connectivity index (χ3n) is 4.39. The summed E-state index contributed by atoms with van der Waals surface area (Å²) in [6, 6.07) is 8.78. The fourth-order valence-electron chi connectivity index (χ4n) is 3.03. The van der Waals surface area contributed by atoms with Crippen LogP contribution in [-0.4, -0.2) is 36.8 Å². The molecule has 0 bridgehead atoms. The molecule has 8 heteroatoms. The van der Waals surface area contributed by atoms with E-state index in [1.165, 1.54) is 26.4 Å². The van der Waals surface area contributed by atoms with E-state index in [4.69, 9.17) is 16.3 Å². The molecular weight excluding hydrogens is 410 g/mol. The van der Waals surface area contributed by atoms with Gasteiger partial charge in [0.05, 0.1) is 10.7 Å². The first kappa shape index (κ1) is 21.2. The molecule has 1 aromatic carbocycles. The lowest BCUT2D eigenvalue weighted by molar-refractivity contribution is 0.436. The Kier molecular flexibility index (Phi) is 5.93. The maximum Gasteiger partial charge on any atom is 0.247 e. The predicted molar refractivity (Wildman–Crippen MR) is 114 cm³/mol. The number of hydrogen-bond acceptors (Lipinski definition) is 5. The Balaban J connectivity index is 2.20. The molecule has 29 heavy (non-hydrogen) atoms. The van der Waals surface area contributed by atoms with Gasteiger partial charge in [-0.2, -0.15) is 0 Å². The molecule has 0 aliphatic rings. The third kappa shape index (κ3) is 4.42. The van der Waals surface area contributed by atoms with E-state index in [2.05, 4.69) is 9.97 Å². The number of hydrogen-bond donors (Lipinski definition) is 0. The molecule has 152 valence electrons. The Labute approximate surface area is 176 Å². The number of pyridine rings is 2. The van der Waals surface area contributed by atoms with Gasteiger partial charge in [0, 0.05) is 32.1 Å². The van der Waals surface area contributed by atoms with Crippen LogP contribution in [-0.2, 0) is 10.0 Å². The van der Waals surface area contributed by atoms with Crippen molar-refractivity contribution >= 4 is 21.6 Å². The Hall–Kier alpha value is -2.48. The summed E-state index contributed by atoms with van der Waals surface area (Å²) in [5.74, 6) is 0.589. The summed E-state index contributed by atoms with van der Waals surface area (Å²) in [6.45, 7) is 5.83. The Bertz CT molecular complexity index is 1150. The van der Waals surface area contributed by atoms with Crippen LogP contribution in [0.15, 0.2) is 47.6 Å². The van der Waals surface area contributed by atoms with Crippen molar-refractivity contribution in [2.24, 2.45) is 0 Å². The number of aryl methyl sites for hydroxylation is 3. The van der Waals surface area contributed by atoms with Crippen LogP contribution in [0.1, 0.15) is 16.7 Å². The Morgan fingerprint density at radius 1 is 1.00 bits per heavy atom. The van der Waals surface area contributed by atoms with Crippen molar-refractivity contribution in [1.29, 1.82) is 0 Å². The van der Waals surface area contributed by atoms with E-state index in [0.29, 0.717) is 22.0 Å². The minimum atomic E-state index is -3.76. The van der Waals surface area contributed by atoms with Crippen LogP contribution in [0.4, 0.5) is 0 Å². The van der Waals surface area contributed by atoms with Crippen LogP contribution in [0.3, 0.4) is 0 Å². The second-order valence-corrected chi connectivity index (χ2v) is 9.57. The molecule has 0 atom stereocenters. The molecule has 6 nitrogen and oxygen atoms in total. The summed E-state index contributed by atoms with van der Waals surface area (Å²) in [5, 5.41) is 0.460. The van der Waals surface area contributed by atoms with E-state index in [1.807, 2.05) is 32.9 Å². The van der Waals surface area contributed by atoms with Crippen molar-refractivity contribution in [3.8, 4) is 22.9 Å². The number of sulfonamides is 1. The fourth-order valence-corrected chi connectivity index (χ4v) is 4.15. The molecule has 0 saturated carbocycles. The number of halogens is 1. The summed E-state index contributed by atoms with van der Waals surface area (Å²) >= 11 is 6.04. The molecule has 0 radical (unpaired) electrons. The summed E-state index contributed by atoms with van der Waals surface area (Å²) in [5.41, 5.74) is 4.06. The minimum absolute atomic E-state index is 0.00577. The van der Waals surface area contributed by atoms with Crippen molar-refractivity contribution in [1.82, 2.24) is 14.3 Å². The topological polar surface area (TPSA) is 72.4 Å². The van der Waals surface area contributed by atoms with Gasteiger partial charge in [-0.15, -0.1) is 0 Å². The molecule has 3 aromatic rings. The third-order valence-corrected chi connectivity index (χ3v) is 6.42. The van der Waals surface area contributed by atoms with Gasteiger partial charge in [-0.3, -0.25) is 4.98 Å². The van der Waals surface area contributed by atoms with Gasteiger partial charge >= 0.3 is 0 Å². The summed E-state index contributed by atoms with van der Waals surface area (Å²) in [4.78, 5) is 8.57. The van der Waals surface area contributed by atoms with Crippen LogP contribution in [0.2, 0.25) is 5.02 Å². The van der Waals surface area contributed by atoms with Crippen LogP contribution < -0.4 is 4.74 Å². The van der Waals surface area contributed by atoms with Gasteiger partial charge < -0.3 is 4.74 Å². The zero-order valence-electron chi connectivity index (χ0n) is 16.9. The SMILES string of the molecule is Cc1cc(C)c(Oc2nc(-c3cncc(Cl)c3)ccc2S(=O)(=O)N(C)C)c(C)c1. The zero-order chi connectivity index (χ0) is 21.3. The molecule has 0 aliphatic carbocycles. The molecule has 3 rings (SSSR count). The smallest absolute Gasteiger partial charge is 0.247 e. The highest BCUT2D eigenvalue weighted by molar-refractivity contribution is 7.89. The van der Waals surface area contributed by atoms with Gasteiger partial charge in [0.2, 0.25) is 15.9 Å². The first-order chi connectivity index (χ1) is 13.6. The van der Waals surface area contributed by atoms with Crippen LogP contribution >= 0.6 is 11.6 Å². The van der Waals surface area contributed by atoms with E-state index < -0.39 is 10.0 Å². The van der Waals surface area contributed by atoms with Gasteiger partial charge in [0.15, 0.2) is 0 Å². The van der Waals surface area contributed by atoms with E-state index in [0.717, 1.165) is 21.0 Å². The predicted octanol–water partition coefficient (Wildman–Crippen LogP) is 4.76. The van der Waals surface area contributed by atoms with Crippen molar-refractivity contribution in [2.75, 3.05) is 14.1 Å². The van der Waals surface area contributed by atoms with Gasteiger partial charge in [-0.25, -0.2) is 17.7 Å². The average molecular weight is 432 g/mol. The number of nitrogens with zero attached hydrogens (tertiary/aromatic N) is 3. The van der Waals surface area contributed by atoms with Crippen molar-refractivity contribution in [3.05, 3.63) is 64.4 Å². The Morgan fingerprint density at radius 2 is 1.66 bits per heavy atom. The van der Waals surface area contributed by atoms with E-state index in [9.17, 15) is 8.42 Å². The normalized spacial score (nSPS) is 11.7. The van der Waals surface area contributed by atoms with E-state index >= 15 is 0 Å². The maximum atomic E-state index is 12.8. The molecule has 2 heterocycles. The van der Waals surface area contributed by atoms with Gasteiger partial charge in [0.1, 0.15) is 10.6 Å². The lowest BCUT2D eigenvalue weighted by Gasteiger charge is -2.18. The van der Waals surface area contributed by atoms with Crippen LogP contribution in [0, 0.1) is 20.8 Å². The molecule has 0 spiro atoms. The largest absolute Gasteiger partial charge is 0.437 e. The first-order valence-electron chi connectivity index (χ1n) is 8.90. The van der Waals surface area contributed by atoms with Gasteiger partial charge in [-0.1, -0.05) is 29.3 Å². The van der Waals surface area contributed by atoms with Gasteiger partial charge in [0.25, 0.3) is 0 Å². The second-order valence-electron chi connectivity index (χ2n) is 7.01. The molecule has 0 unspecified atom stereocenters. The monoisotopic (exact) mass is 431 g/mol.